The van der Waals surface area contributed by atoms with E-state index < -0.39 is 37.8 Å². The van der Waals surface area contributed by atoms with Gasteiger partial charge in [0.2, 0.25) is 0 Å². The molecule has 0 radical (unpaired) electrons. The number of rotatable bonds is 10. The largest absolute Gasteiger partial charge is 0.341 e. The molecule has 0 bridgehead atoms. The van der Waals surface area contributed by atoms with Crippen LogP contribution in [0.2, 0.25) is 0 Å². The highest BCUT2D eigenvalue weighted by Crippen LogP contribution is 2.64. The van der Waals surface area contributed by atoms with Gasteiger partial charge in [0.05, 0.1) is 6.61 Å². The van der Waals surface area contributed by atoms with Gasteiger partial charge in [0.15, 0.2) is 17.0 Å². The number of nitrogens with zero attached hydrogens (tertiary/aromatic N) is 1. The summed E-state index contributed by atoms with van der Waals surface area (Å²) in [7, 11) is 0.103. The molecule has 7 rings (SSSR count). The topological polar surface area (TPSA) is 49.4 Å². The third-order valence-corrected chi connectivity index (χ3v) is 11.0. The van der Waals surface area contributed by atoms with Crippen molar-refractivity contribution in [1.82, 2.24) is 4.90 Å². The Bertz CT molecular complexity index is 1590. The lowest BCUT2D eigenvalue weighted by Gasteiger charge is -2.41. The summed E-state index contributed by atoms with van der Waals surface area (Å²) in [5, 5.41) is 0. The van der Waals surface area contributed by atoms with Crippen molar-refractivity contribution in [2.75, 3.05) is 20.2 Å². The van der Waals surface area contributed by atoms with Gasteiger partial charge in [-0.2, -0.15) is 0 Å². The molecule has 0 amide bonds. The van der Waals surface area contributed by atoms with Crippen LogP contribution in [0.25, 0.3) is 0 Å². The predicted octanol–water partition coefficient (Wildman–Crippen LogP) is 9.38. The fourth-order valence-electron chi connectivity index (χ4n) is 7.15. The van der Waals surface area contributed by atoms with Crippen LogP contribution in [-0.2, 0) is 34.2 Å². The van der Waals surface area contributed by atoms with E-state index in [1.807, 2.05) is 92.7 Å². The first kappa shape index (κ1) is 33.8. The standard InChI is InChI=1S/C42H44NO5P/c1-32(33-20-10-5-11-21-33)43(4)30-31-44-49-47-41(34-22-12-6-13-23-34,35-24-14-7-15-25-35)38-39(46-40(2,3)45-38)42(48-49,36-26-16-8-17-27-36)37-28-18-9-19-29-37/h5-29,32,38-39H,30-31H2,1-4H3/t32-,38-,39-/m1/s1. The zero-order valence-corrected chi connectivity index (χ0v) is 29.4. The molecule has 0 N–H and O–H groups in total. The Hall–Kier alpha value is -3.71. The second-order valence-electron chi connectivity index (χ2n) is 13.2. The molecule has 0 spiro atoms. The van der Waals surface area contributed by atoms with E-state index in [4.69, 9.17) is 23.0 Å². The average Bonchev–Trinajstić information content (AvgIpc) is 3.43. The van der Waals surface area contributed by atoms with Crippen molar-refractivity contribution in [2.24, 2.45) is 0 Å². The molecule has 2 aliphatic heterocycles. The first-order valence-corrected chi connectivity index (χ1v) is 18.1. The van der Waals surface area contributed by atoms with Crippen LogP contribution >= 0.6 is 8.60 Å². The lowest BCUT2D eigenvalue weighted by atomic mass is 9.72. The summed E-state index contributed by atoms with van der Waals surface area (Å²) in [5.41, 5.74) is 2.71. The lowest BCUT2D eigenvalue weighted by Crippen LogP contribution is -2.53. The van der Waals surface area contributed by atoms with E-state index in [1.54, 1.807) is 0 Å². The Balaban J connectivity index is 1.38. The van der Waals surface area contributed by atoms with Gasteiger partial charge in [0, 0.05) is 12.6 Å². The molecular weight excluding hydrogens is 629 g/mol. The van der Waals surface area contributed by atoms with Crippen LogP contribution in [0, 0.1) is 0 Å². The number of hydrogen-bond donors (Lipinski definition) is 0. The highest BCUT2D eigenvalue weighted by Gasteiger charge is 2.67. The summed E-state index contributed by atoms with van der Waals surface area (Å²) < 4.78 is 35.7. The van der Waals surface area contributed by atoms with Crippen LogP contribution < -0.4 is 0 Å². The third-order valence-electron chi connectivity index (χ3n) is 9.73. The van der Waals surface area contributed by atoms with Gasteiger partial charge in [-0.25, -0.2) is 0 Å². The number of hydrogen-bond acceptors (Lipinski definition) is 6. The fourth-order valence-corrected chi connectivity index (χ4v) is 8.62. The van der Waals surface area contributed by atoms with Crippen LogP contribution in [0.15, 0.2) is 152 Å². The third kappa shape index (κ3) is 6.51. The Morgan fingerprint density at radius 1 is 0.592 bits per heavy atom. The summed E-state index contributed by atoms with van der Waals surface area (Å²) in [6.07, 6.45) is -1.27. The van der Waals surface area contributed by atoms with Gasteiger partial charge in [0.1, 0.15) is 12.2 Å². The van der Waals surface area contributed by atoms with Crippen molar-refractivity contribution in [1.29, 1.82) is 0 Å². The lowest BCUT2D eigenvalue weighted by molar-refractivity contribution is -0.176. The molecule has 2 fully saturated rings. The van der Waals surface area contributed by atoms with E-state index in [9.17, 15) is 0 Å². The minimum absolute atomic E-state index is 0.206. The van der Waals surface area contributed by atoms with Crippen molar-refractivity contribution in [2.45, 2.75) is 56.0 Å². The second kappa shape index (κ2) is 14.3. The van der Waals surface area contributed by atoms with E-state index in [2.05, 4.69) is 91.7 Å². The Morgan fingerprint density at radius 2 is 0.939 bits per heavy atom. The first-order chi connectivity index (χ1) is 23.8. The number of likely N-dealkylation sites (N-methyl/N-ethyl adjacent to an activating group) is 1. The maximum atomic E-state index is 7.40. The molecular formula is C42H44NO5P. The minimum atomic E-state index is -2.02. The molecule has 5 aromatic carbocycles. The van der Waals surface area contributed by atoms with E-state index in [0.29, 0.717) is 13.2 Å². The van der Waals surface area contributed by atoms with Crippen molar-refractivity contribution in [3.63, 3.8) is 0 Å². The van der Waals surface area contributed by atoms with Gasteiger partial charge < -0.3 is 14.0 Å². The van der Waals surface area contributed by atoms with Crippen molar-refractivity contribution in [3.05, 3.63) is 179 Å². The zero-order chi connectivity index (χ0) is 33.9. The molecule has 252 valence electrons. The SMILES string of the molecule is C[C@H](c1ccccc1)N(C)CCOP1OC(c2ccccc2)(c2ccccc2)[C@@H]2OC(C)(C)O[C@H]2C(c2ccccc2)(c2ccccc2)O1. The fraction of sp³-hybridized carbons (Fsp3) is 0.286. The van der Waals surface area contributed by atoms with Crippen LogP contribution in [-0.4, -0.2) is 43.1 Å². The summed E-state index contributed by atoms with van der Waals surface area (Å²) >= 11 is 0. The van der Waals surface area contributed by atoms with Crippen LogP contribution in [0.1, 0.15) is 54.6 Å². The monoisotopic (exact) mass is 673 g/mol. The molecule has 0 unspecified atom stereocenters. The van der Waals surface area contributed by atoms with Gasteiger partial charge in [-0.3, -0.25) is 13.9 Å². The van der Waals surface area contributed by atoms with Gasteiger partial charge in [0.25, 0.3) is 0 Å². The van der Waals surface area contributed by atoms with Gasteiger partial charge in [-0.1, -0.05) is 152 Å². The highest BCUT2D eigenvalue weighted by molar-refractivity contribution is 7.41. The molecule has 2 heterocycles. The molecule has 0 saturated carbocycles. The highest BCUT2D eigenvalue weighted by atomic mass is 31.2. The second-order valence-corrected chi connectivity index (χ2v) is 14.3. The minimum Gasteiger partial charge on any atom is -0.341 e. The van der Waals surface area contributed by atoms with Crippen molar-refractivity contribution in [3.8, 4) is 0 Å². The smallest absolute Gasteiger partial charge is 0.335 e. The Kier molecular flexibility index (Phi) is 9.83. The Labute approximate surface area is 291 Å². The molecule has 2 saturated heterocycles. The number of fused-ring (bicyclic) bond motifs is 1. The van der Waals surface area contributed by atoms with E-state index in [1.165, 1.54) is 5.56 Å². The predicted molar refractivity (Wildman–Crippen MR) is 194 cm³/mol. The molecule has 49 heavy (non-hydrogen) atoms. The van der Waals surface area contributed by atoms with Gasteiger partial charge in [-0.15, -0.1) is 0 Å². The van der Waals surface area contributed by atoms with Crippen LogP contribution in [0.4, 0.5) is 0 Å². The summed E-state index contributed by atoms with van der Waals surface area (Å²) in [5.74, 6) is -0.942. The maximum Gasteiger partial charge on any atom is 0.335 e. The van der Waals surface area contributed by atoms with Gasteiger partial charge >= 0.3 is 8.60 Å². The number of ether oxygens (including phenoxy) is 2. The van der Waals surface area contributed by atoms with Gasteiger partial charge in [-0.05, 0) is 55.6 Å². The normalized spacial score (nSPS) is 21.9. The van der Waals surface area contributed by atoms with E-state index in [0.717, 1.165) is 22.3 Å². The summed E-state index contributed by atoms with van der Waals surface area (Å²) in [6.45, 7) is 7.20. The number of benzene rings is 5. The van der Waals surface area contributed by atoms with Crippen molar-refractivity contribution < 1.29 is 23.0 Å². The van der Waals surface area contributed by atoms with Crippen LogP contribution in [0.3, 0.4) is 0 Å². The average molecular weight is 674 g/mol. The first-order valence-electron chi connectivity index (χ1n) is 17.0. The molecule has 3 atom stereocenters. The summed E-state index contributed by atoms with van der Waals surface area (Å²) in [4.78, 5) is 2.29. The molecule has 0 aromatic heterocycles. The quantitative estimate of drug-likeness (QED) is 0.138. The molecule has 2 aliphatic rings. The zero-order valence-electron chi connectivity index (χ0n) is 28.5. The molecule has 7 heteroatoms. The van der Waals surface area contributed by atoms with E-state index in [-0.39, 0.29) is 6.04 Å². The Morgan fingerprint density at radius 3 is 1.31 bits per heavy atom. The van der Waals surface area contributed by atoms with Crippen LogP contribution in [0.5, 0.6) is 0 Å². The maximum absolute atomic E-state index is 7.40. The van der Waals surface area contributed by atoms with E-state index >= 15 is 0 Å². The molecule has 6 nitrogen and oxygen atoms in total. The summed E-state index contributed by atoms with van der Waals surface area (Å²) in [6, 6.07) is 51.9. The molecule has 0 aliphatic carbocycles. The van der Waals surface area contributed by atoms with Crippen molar-refractivity contribution >= 4 is 8.60 Å². The molecule has 5 aromatic rings.